The zero-order valence-electron chi connectivity index (χ0n) is 11.4. The Kier molecular flexibility index (Phi) is 5.40. The largest absolute Gasteiger partial charge is 0.550 e. The van der Waals surface area contributed by atoms with E-state index in [-0.39, 0.29) is 9.23 Å². The van der Waals surface area contributed by atoms with E-state index in [1.54, 1.807) is 24.3 Å². The molecule has 120 valence electrons. The van der Waals surface area contributed by atoms with Crippen LogP contribution in [0.25, 0.3) is 6.08 Å². The first-order chi connectivity index (χ1) is 10.8. The Balaban J connectivity index is 2.34. The Bertz CT molecular complexity index is 734. The molecule has 1 aliphatic heterocycles. The lowest BCUT2D eigenvalue weighted by molar-refractivity contribution is -0.319. The summed E-state index contributed by atoms with van der Waals surface area (Å²) in [4.78, 5) is 35.0. The number of carboxylic acid groups (broad SMARTS) is 2. The lowest BCUT2D eigenvalue weighted by Gasteiger charge is -2.27. The molecule has 1 aromatic carbocycles. The number of hydrogen-bond acceptors (Lipinski definition) is 7. The fourth-order valence-electron chi connectivity index (χ4n) is 1.92. The highest BCUT2D eigenvalue weighted by atomic mass is 35.5. The number of aliphatic carboxylic acids is 2. The highest BCUT2D eigenvalue weighted by Gasteiger charge is 2.37. The van der Waals surface area contributed by atoms with Crippen LogP contribution in [0.4, 0.5) is 0 Å². The Morgan fingerprint density at radius 1 is 1.35 bits per heavy atom. The van der Waals surface area contributed by atoms with Crippen LogP contribution < -0.4 is 10.2 Å². The van der Waals surface area contributed by atoms with Crippen LogP contribution in [0.15, 0.2) is 29.2 Å². The van der Waals surface area contributed by atoms with Crippen LogP contribution in [0, 0.1) is 0 Å². The molecule has 1 atom stereocenters. The summed E-state index contributed by atoms with van der Waals surface area (Å²) < 4.78 is -0.0660. The minimum absolute atomic E-state index is 0.0660. The van der Waals surface area contributed by atoms with Crippen LogP contribution in [-0.4, -0.2) is 33.1 Å². The number of hydrogen-bond donors (Lipinski definition) is 0. The van der Waals surface area contributed by atoms with Gasteiger partial charge < -0.3 is 19.8 Å². The minimum atomic E-state index is -1.72. The predicted octanol–water partition coefficient (Wildman–Crippen LogP) is -0.200. The van der Waals surface area contributed by atoms with Gasteiger partial charge in [0.1, 0.15) is 4.32 Å². The SMILES string of the molecule is O=C([O-])C[C@H](C(=O)[O-])N1C(=O)/C(=C/c2ccccc2Cl)SC1=S. The van der Waals surface area contributed by atoms with Crippen molar-refractivity contribution in [2.75, 3.05) is 0 Å². The van der Waals surface area contributed by atoms with Gasteiger partial charge in [0.15, 0.2) is 0 Å². The summed E-state index contributed by atoms with van der Waals surface area (Å²) in [6.07, 6.45) is 0.557. The summed E-state index contributed by atoms with van der Waals surface area (Å²) in [5, 5.41) is 22.2. The van der Waals surface area contributed by atoms with Gasteiger partial charge in [0, 0.05) is 17.4 Å². The van der Waals surface area contributed by atoms with Crippen molar-refractivity contribution in [1.29, 1.82) is 0 Å². The molecule has 23 heavy (non-hydrogen) atoms. The predicted molar refractivity (Wildman–Crippen MR) is 84.9 cm³/mol. The second-order valence-corrected chi connectivity index (χ2v) is 6.57. The molecule has 1 fully saturated rings. The first-order valence-corrected chi connectivity index (χ1v) is 7.84. The van der Waals surface area contributed by atoms with Gasteiger partial charge in [-0.25, -0.2) is 0 Å². The number of carboxylic acids is 2. The Labute approximate surface area is 145 Å². The van der Waals surface area contributed by atoms with E-state index in [1.165, 1.54) is 6.08 Å². The van der Waals surface area contributed by atoms with Crippen molar-refractivity contribution in [2.45, 2.75) is 12.5 Å². The van der Waals surface area contributed by atoms with Gasteiger partial charge in [-0.05, 0) is 17.7 Å². The van der Waals surface area contributed by atoms with Crippen LogP contribution >= 0.6 is 35.6 Å². The molecule has 0 N–H and O–H groups in total. The van der Waals surface area contributed by atoms with Gasteiger partial charge in [-0.15, -0.1) is 0 Å². The van der Waals surface area contributed by atoms with E-state index in [9.17, 15) is 24.6 Å². The van der Waals surface area contributed by atoms with Crippen molar-refractivity contribution in [1.82, 2.24) is 4.90 Å². The number of halogens is 1. The van der Waals surface area contributed by atoms with Crippen molar-refractivity contribution >= 4 is 63.8 Å². The van der Waals surface area contributed by atoms with E-state index in [0.29, 0.717) is 15.5 Å². The number of carbonyl (C=O) groups excluding carboxylic acids is 3. The number of carbonyl (C=O) groups is 3. The van der Waals surface area contributed by atoms with E-state index in [2.05, 4.69) is 0 Å². The summed E-state index contributed by atoms with van der Waals surface area (Å²) in [7, 11) is 0. The summed E-state index contributed by atoms with van der Waals surface area (Å²) in [6, 6.07) is 5.03. The Morgan fingerprint density at radius 2 is 2.00 bits per heavy atom. The number of thiocarbonyl (C=S) groups is 1. The van der Waals surface area contributed by atoms with E-state index in [1.807, 2.05) is 0 Å². The molecule has 0 unspecified atom stereocenters. The molecule has 1 aromatic rings. The third-order valence-corrected chi connectivity index (χ3v) is 4.63. The lowest BCUT2D eigenvalue weighted by Crippen LogP contribution is -2.52. The van der Waals surface area contributed by atoms with Crippen LogP contribution in [0.1, 0.15) is 12.0 Å². The van der Waals surface area contributed by atoms with Gasteiger partial charge in [0.25, 0.3) is 5.91 Å². The second-order valence-electron chi connectivity index (χ2n) is 4.48. The molecule has 0 radical (unpaired) electrons. The molecule has 0 spiro atoms. The van der Waals surface area contributed by atoms with Crippen LogP contribution in [0.3, 0.4) is 0 Å². The van der Waals surface area contributed by atoms with Crippen LogP contribution in [0.2, 0.25) is 5.02 Å². The fraction of sp³-hybridized carbons (Fsp3) is 0.143. The maximum absolute atomic E-state index is 12.4. The van der Waals surface area contributed by atoms with Gasteiger partial charge in [-0.1, -0.05) is 53.8 Å². The topological polar surface area (TPSA) is 101 Å². The van der Waals surface area contributed by atoms with Gasteiger partial charge in [-0.3, -0.25) is 9.69 Å². The highest BCUT2D eigenvalue weighted by molar-refractivity contribution is 8.26. The summed E-state index contributed by atoms with van der Waals surface area (Å²) in [5.41, 5.74) is 0.555. The van der Waals surface area contributed by atoms with Gasteiger partial charge in [-0.2, -0.15) is 0 Å². The molecule has 2 rings (SSSR count). The van der Waals surface area contributed by atoms with Crippen LogP contribution in [-0.2, 0) is 14.4 Å². The van der Waals surface area contributed by atoms with Crippen molar-refractivity contribution in [2.24, 2.45) is 0 Å². The number of thioether (sulfide) groups is 1. The quantitative estimate of drug-likeness (QED) is 0.523. The zero-order chi connectivity index (χ0) is 17.1. The number of amides is 1. The average molecular weight is 370 g/mol. The maximum Gasteiger partial charge on any atom is 0.266 e. The Morgan fingerprint density at radius 3 is 2.57 bits per heavy atom. The molecular weight excluding hydrogens is 362 g/mol. The van der Waals surface area contributed by atoms with Crippen molar-refractivity contribution in [3.63, 3.8) is 0 Å². The first kappa shape index (κ1) is 17.5. The molecule has 1 amide bonds. The maximum atomic E-state index is 12.4. The second kappa shape index (κ2) is 7.12. The normalized spacial score (nSPS) is 17.6. The molecule has 1 heterocycles. The van der Waals surface area contributed by atoms with Crippen molar-refractivity contribution < 1.29 is 24.6 Å². The summed E-state index contributed by atoms with van der Waals surface area (Å²) in [5.74, 6) is -4.05. The molecule has 0 aliphatic carbocycles. The molecule has 9 heteroatoms. The monoisotopic (exact) mass is 369 g/mol. The summed E-state index contributed by atoms with van der Waals surface area (Å²) in [6.45, 7) is 0. The molecule has 6 nitrogen and oxygen atoms in total. The molecule has 0 bridgehead atoms. The third-order valence-electron chi connectivity index (χ3n) is 2.96. The van der Waals surface area contributed by atoms with Gasteiger partial charge in [0.2, 0.25) is 0 Å². The van der Waals surface area contributed by atoms with Gasteiger partial charge >= 0.3 is 0 Å². The fourth-order valence-corrected chi connectivity index (χ4v) is 3.46. The molecule has 1 aliphatic rings. The van der Waals surface area contributed by atoms with Crippen molar-refractivity contribution in [3.05, 3.63) is 39.8 Å². The highest BCUT2D eigenvalue weighted by Crippen LogP contribution is 2.35. The molecule has 0 saturated carbocycles. The zero-order valence-corrected chi connectivity index (χ0v) is 13.7. The molecule has 0 aromatic heterocycles. The number of nitrogens with zero attached hydrogens (tertiary/aromatic N) is 1. The van der Waals surface area contributed by atoms with E-state index >= 15 is 0 Å². The molecule has 1 saturated heterocycles. The minimum Gasteiger partial charge on any atom is -0.550 e. The van der Waals surface area contributed by atoms with Crippen molar-refractivity contribution in [3.8, 4) is 0 Å². The van der Waals surface area contributed by atoms with E-state index in [0.717, 1.165) is 11.8 Å². The van der Waals surface area contributed by atoms with E-state index < -0.39 is 30.3 Å². The van der Waals surface area contributed by atoms with Gasteiger partial charge in [0.05, 0.1) is 16.9 Å². The smallest absolute Gasteiger partial charge is 0.266 e. The summed E-state index contributed by atoms with van der Waals surface area (Å²) >= 11 is 11.8. The standard InChI is InChI=1S/C14H10ClNO5S2/c15-8-4-2-1-3-7(8)5-10-12(19)16(14(22)23-10)9(13(20)21)6-11(17)18/h1-5,9H,6H2,(H,17,18)(H,20,21)/p-2/b10-5-/t9-/m1/s1. The molecular formula is C14H8ClNO5S2-2. The number of benzene rings is 1. The third kappa shape index (κ3) is 3.90. The lowest BCUT2D eigenvalue weighted by atomic mass is 10.1. The Hall–Kier alpha value is -1.90. The number of rotatable bonds is 5. The van der Waals surface area contributed by atoms with Crippen LogP contribution in [0.5, 0.6) is 0 Å². The average Bonchev–Trinajstić information content (AvgIpc) is 2.73. The van der Waals surface area contributed by atoms with E-state index in [4.69, 9.17) is 23.8 Å². The first-order valence-electron chi connectivity index (χ1n) is 6.23.